The number of ether oxygens (including phenoxy) is 1. The van der Waals surface area contributed by atoms with Crippen LogP contribution in [-0.4, -0.2) is 61.5 Å². The summed E-state index contributed by atoms with van der Waals surface area (Å²) in [4.78, 5) is 14.4. The van der Waals surface area contributed by atoms with Crippen molar-refractivity contribution < 1.29 is 24.9 Å². The van der Waals surface area contributed by atoms with Gasteiger partial charge in [-0.1, -0.05) is 30.3 Å². The number of aliphatic hydroxyl groups excluding tert-OH is 3. The average Bonchev–Trinajstić information content (AvgIpc) is 3.24. The van der Waals surface area contributed by atoms with Crippen molar-refractivity contribution in [2.45, 2.75) is 31.1 Å². The molecular weight excluding hydrogens is 354 g/mol. The molecule has 0 saturated carbocycles. The van der Waals surface area contributed by atoms with Gasteiger partial charge in [-0.15, -0.1) is 0 Å². The molecule has 144 valence electrons. The Hall–Kier alpha value is -2.50. The van der Waals surface area contributed by atoms with Gasteiger partial charge in [0.1, 0.15) is 36.9 Å². The standard InChI is InChI=1S/C17H21N5O5/c18-15-12-16(20-9-22(15)26-7-10-4-2-1-3-5-10)21(8-19-12)17-14(25)13(24)11(6-23)27-17/h1-5,8,11,13-14,17,23-25H,6-7,9,18H2/t11-,13-,14-,17-/m1/s1. The van der Waals surface area contributed by atoms with Crippen molar-refractivity contribution >= 4 is 5.82 Å². The van der Waals surface area contributed by atoms with E-state index in [1.807, 2.05) is 30.3 Å². The number of aromatic nitrogens is 2. The van der Waals surface area contributed by atoms with Gasteiger partial charge in [0.2, 0.25) is 0 Å². The second kappa shape index (κ2) is 7.25. The lowest BCUT2D eigenvalue weighted by Crippen LogP contribution is -2.47. The van der Waals surface area contributed by atoms with E-state index in [4.69, 9.17) is 15.3 Å². The second-order valence-corrected chi connectivity index (χ2v) is 6.38. The van der Waals surface area contributed by atoms with Crippen molar-refractivity contribution in [1.29, 1.82) is 0 Å². The summed E-state index contributed by atoms with van der Waals surface area (Å²) in [5.74, 6) is 0.293. The van der Waals surface area contributed by atoms with E-state index in [1.54, 1.807) is 0 Å². The van der Waals surface area contributed by atoms with Crippen molar-refractivity contribution in [2.24, 2.45) is 10.7 Å². The minimum atomic E-state index is -1.22. The Morgan fingerprint density at radius 1 is 1.22 bits per heavy atom. The molecule has 10 heteroatoms. The van der Waals surface area contributed by atoms with Gasteiger partial charge in [-0.05, 0) is 5.56 Å². The van der Waals surface area contributed by atoms with E-state index < -0.39 is 31.1 Å². The third-order valence-corrected chi connectivity index (χ3v) is 4.65. The summed E-state index contributed by atoms with van der Waals surface area (Å²) in [6.45, 7) is 0.0756. The largest absolute Gasteiger partial charge is 0.394 e. The lowest BCUT2D eigenvalue weighted by Gasteiger charge is -2.24. The number of hydrogen-bond donors (Lipinski definition) is 4. The smallest absolute Gasteiger partial charge is 0.165 e. The molecule has 2 aromatic rings. The summed E-state index contributed by atoms with van der Waals surface area (Å²) < 4.78 is 7.03. The molecule has 4 atom stereocenters. The van der Waals surface area contributed by atoms with Gasteiger partial charge in [-0.25, -0.2) is 15.0 Å². The van der Waals surface area contributed by atoms with Crippen LogP contribution in [0.2, 0.25) is 0 Å². The zero-order valence-electron chi connectivity index (χ0n) is 14.4. The Bertz CT molecular complexity index is 918. The molecule has 0 bridgehead atoms. The molecule has 0 amide bonds. The van der Waals surface area contributed by atoms with Gasteiger partial charge in [0, 0.05) is 0 Å². The third kappa shape index (κ3) is 3.17. The van der Waals surface area contributed by atoms with Crippen LogP contribution in [0.3, 0.4) is 0 Å². The molecule has 1 saturated heterocycles. The fourth-order valence-corrected chi connectivity index (χ4v) is 3.15. The van der Waals surface area contributed by atoms with Gasteiger partial charge < -0.3 is 25.8 Å². The third-order valence-electron chi connectivity index (χ3n) is 4.65. The topological polar surface area (TPSA) is 139 Å². The Morgan fingerprint density at radius 2 is 2.00 bits per heavy atom. The lowest BCUT2D eigenvalue weighted by atomic mass is 10.1. The number of nitrogens with two attached hydrogens (primary N) is 1. The Balaban J connectivity index is 1.57. The molecule has 0 unspecified atom stereocenters. The van der Waals surface area contributed by atoms with Crippen molar-refractivity contribution in [3.05, 3.63) is 53.1 Å². The highest BCUT2D eigenvalue weighted by molar-refractivity contribution is 5.34. The number of fused-ring (bicyclic) bond motifs is 1. The Morgan fingerprint density at radius 3 is 2.70 bits per heavy atom. The molecule has 1 aromatic heterocycles. The van der Waals surface area contributed by atoms with Crippen LogP contribution >= 0.6 is 0 Å². The molecule has 4 rings (SSSR count). The molecule has 1 fully saturated rings. The average molecular weight is 375 g/mol. The van der Waals surface area contributed by atoms with Crippen LogP contribution < -0.4 is 16.6 Å². The number of hydrogen-bond acceptors (Lipinski definition) is 9. The predicted molar refractivity (Wildman–Crippen MR) is 91.5 cm³/mol. The SMILES string of the molecule is NC1=c2ncn([C@@H]3O[C@H](CO)[C@@H](O)[C@H]3O)c2=NCN1OCc1ccccc1. The number of rotatable bonds is 5. The van der Waals surface area contributed by atoms with Crippen LogP contribution in [0, 0.1) is 0 Å². The van der Waals surface area contributed by atoms with Gasteiger partial charge in [0.15, 0.2) is 17.5 Å². The van der Waals surface area contributed by atoms with E-state index in [1.165, 1.54) is 16.0 Å². The van der Waals surface area contributed by atoms with E-state index >= 15 is 0 Å². The molecule has 2 aliphatic heterocycles. The van der Waals surface area contributed by atoms with E-state index in [-0.39, 0.29) is 6.67 Å². The molecule has 0 spiro atoms. The molecule has 0 radical (unpaired) electrons. The molecule has 5 N–H and O–H groups in total. The quantitative estimate of drug-likeness (QED) is 0.452. The predicted octanol–water partition coefficient (Wildman–Crippen LogP) is -2.46. The summed E-state index contributed by atoms with van der Waals surface area (Å²) in [6, 6.07) is 9.66. The van der Waals surface area contributed by atoms with Crippen LogP contribution in [-0.2, 0) is 16.2 Å². The highest BCUT2D eigenvalue weighted by atomic mass is 16.7. The highest BCUT2D eigenvalue weighted by Crippen LogP contribution is 2.27. The molecule has 1 aromatic carbocycles. The van der Waals surface area contributed by atoms with Crippen LogP contribution in [0.4, 0.5) is 0 Å². The fourth-order valence-electron chi connectivity index (χ4n) is 3.15. The highest BCUT2D eigenvalue weighted by Gasteiger charge is 2.43. The van der Waals surface area contributed by atoms with Crippen LogP contribution in [0.15, 0.2) is 41.7 Å². The Kier molecular flexibility index (Phi) is 4.81. The van der Waals surface area contributed by atoms with Gasteiger partial charge in [-0.3, -0.25) is 9.40 Å². The summed E-state index contributed by atoms with van der Waals surface area (Å²) in [6.07, 6.45) is -2.78. The number of hydroxylamine groups is 2. The maximum atomic E-state index is 10.2. The molecule has 10 nitrogen and oxygen atoms in total. The minimum Gasteiger partial charge on any atom is -0.394 e. The minimum absolute atomic E-state index is 0.145. The van der Waals surface area contributed by atoms with E-state index in [0.717, 1.165) is 5.56 Å². The Labute approximate surface area is 154 Å². The zero-order chi connectivity index (χ0) is 19.0. The molecule has 27 heavy (non-hydrogen) atoms. The van der Waals surface area contributed by atoms with Crippen LogP contribution in [0.1, 0.15) is 11.8 Å². The normalized spacial score (nSPS) is 27.5. The first-order valence-corrected chi connectivity index (χ1v) is 8.54. The summed E-state index contributed by atoms with van der Waals surface area (Å²) >= 11 is 0. The number of benzene rings is 1. The van der Waals surface area contributed by atoms with Crippen molar-refractivity contribution in [3.8, 4) is 0 Å². The van der Waals surface area contributed by atoms with Crippen molar-refractivity contribution in [2.75, 3.05) is 13.3 Å². The van der Waals surface area contributed by atoms with Crippen LogP contribution in [0.25, 0.3) is 5.82 Å². The first-order valence-electron chi connectivity index (χ1n) is 8.54. The zero-order valence-corrected chi connectivity index (χ0v) is 14.4. The first-order chi connectivity index (χ1) is 13.1. The first kappa shape index (κ1) is 17.9. The maximum Gasteiger partial charge on any atom is 0.165 e. The van der Waals surface area contributed by atoms with Gasteiger partial charge in [0.25, 0.3) is 0 Å². The number of imidazole rings is 1. The molecule has 2 aliphatic rings. The van der Waals surface area contributed by atoms with E-state index in [0.29, 0.717) is 23.3 Å². The molecular formula is C17H21N5O5. The van der Waals surface area contributed by atoms with Gasteiger partial charge in [0.05, 0.1) is 12.9 Å². The summed E-state index contributed by atoms with van der Waals surface area (Å²) in [5, 5.41) is 31.2. The summed E-state index contributed by atoms with van der Waals surface area (Å²) in [7, 11) is 0. The maximum absolute atomic E-state index is 10.2. The molecule has 0 aliphatic carbocycles. The lowest BCUT2D eigenvalue weighted by molar-refractivity contribution is -0.124. The van der Waals surface area contributed by atoms with E-state index in [9.17, 15) is 15.3 Å². The number of nitrogens with zero attached hydrogens (tertiary/aromatic N) is 4. The number of aliphatic hydroxyl groups is 3. The van der Waals surface area contributed by atoms with Crippen molar-refractivity contribution in [3.63, 3.8) is 0 Å². The van der Waals surface area contributed by atoms with E-state index in [2.05, 4.69) is 9.98 Å². The molecule has 3 heterocycles. The van der Waals surface area contributed by atoms with Crippen molar-refractivity contribution in [1.82, 2.24) is 14.6 Å². The van der Waals surface area contributed by atoms with Gasteiger partial charge in [-0.2, -0.15) is 0 Å². The fraction of sp³-hybridized carbons (Fsp3) is 0.412. The van der Waals surface area contributed by atoms with Gasteiger partial charge >= 0.3 is 0 Å². The summed E-state index contributed by atoms with van der Waals surface area (Å²) in [5.41, 5.74) is 7.58. The monoisotopic (exact) mass is 375 g/mol. The van der Waals surface area contributed by atoms with Crippen LogP contribution in [0.5, 0.6) is 0 Å². The second-order valence-electron chi connectivity index (χ2n) is 6.38.